The van der Waals surface area contributed by atoms with Crippen molar-refractivity contribution in [2.45, 2.75) is 26.4 Å². The highest BCUT2D eigenvalue weighted by atomic mass is 79.9. The fraction of sp³-hybridized carbons (Fsp3) is 0.286. The van der Waals surface area contributed by atoms with E-state index in [1.807, 2.05) is 12.1 Å². The van der Waals surface area contributed by atoms with Crippen LogP contribution in [0.25, 0.3) is 0 Å². The van der Waals surface area contributed by atoms with Crippen molar-refractivity contribution in [3.8, 4) is 5.75 Å². The van der Waals surface area contributed by atoms with E-state index in [-0.39, 0.29) is 5.75 Å². The minimum absolute atomic E-state index is 0.246. The third-order valence-corrected chi connectivity index (χ3v) is 5.08. The molecule has 2 nitrogen and oxygen atoms in total. The van der Waals surface area contributed by atoms with Gasteiger partial charge in [-0.2, -0.15) is 0 Å². The van der Waals surface area contributed by atoms with Crippen molar-refractivity contribution in [2.75, 3.05) is 0 Å². The molecule has 0 aliphatic rings. The number of phenolic OH excluding ortho intramolecular Hbond substituents is 1. The molecule has 19 heavy (non-hydrogen) atoms. The van der Waals surface area contributed by atoms with Crippen molar-refractivity contribution in [1.29, 1.82) is 0 Å². The second kappa shape index (κ2) is 6.88. The van der Waals surface area contributed by atoms with Gasteiger partial charge in [-0.3, -0.25) is 0 Å². The first-order chi connectivity index (χ1) is 9.11. The molecule has 0 unspecified atom stereocenters. The van der Waals surface area contributed by atoms with E-state index in [1.165, 1.54) is 10.4 Å². The molecular weight excluding hydrogens is 390 g/mol. The number of aryl methyl sites for hydroxylation is 1. The topological polar surface area (TPSA) is 32.3 Å². The van der Waals surface area contributed by atoms with E-state index < -0.39 is 0 Å². The molecule has 1 heterocycles. The molecule has 0 fully saturated rings. The molecule has 102 valence electrons. The molecule has 2 N–H and O–H groups in total. The Morgan fingerprint density at radius 1 is 1.21 bits per heavy atom. The molecule has 0 bridgehead atoms. The number of halogens is 2. The summed E-state index contributed by atoms with van der Waals surface area (Å²) in [4.78, 5) is 1.40. The average molecular weight is 405 g/mol. The zero-order valence-electron chi connectivity index (χ0n) is 10.5. The fourth-order valence-electron chi connectivity index (χ4n) is 1.88. The van der Waals surface area contributed by atoms with Crippen molar-refractivity contribution in [2.24, 2.45) is 0 Å². The Labute approximate surface area is 134 Å². The van der Waals surface area contributed by atoms with Crippen LogP contribution in [0.15, 0.2) is 32.5 Å². The molecule has 0 spiro atoms. The van der Waals surface area contributed by atoms with Crippen LogP contribution in [-0.4, -0.2) is 5.11 Å². The number of hydrogen-bond donors (Lipinski definition) is 2. The van der Waals surface area contributed by atoms with Gasteiger partial charge in [0.05, 0.1) is 8.95 Å². The van der Waals surface area contributed by atoms with Crippen LogP contribution in [0.1, 0.15) is 22.9 Å². The summed E-state index contributed by atoms with van der Waals surface area (Å²) in [6.07, 6.45) is 1.08. The maximum atomic E-state index is 9.66. The number of hydrogen-bond acceptors (Lipinski definition) is 3. The number of aromatic hydroxyl groups is 1. The quantitative estimate of drug-likeness (QED) is 0.747. The van der Waals surface area contributed by atoms with Gasteiger partial charge in [0.2, 0.25) is 0 Å². The van der Waals surface area contributed by atoms with Crippen molar-refractivity contribution in [3.05, 3.63) is 48.5 Å². The summed E-state index contributed by atoms with van der Waals surface area (Å²) in [5.41, 5.74) is 2.55. The maximum Gasteiger partial charge on any atom is 0.143 e. The molecule has 0 aliphatic heterocycles. The first kappa shape index (κ1) is 15.0. The monoisotopic (exact) mass is 403 g/mol. The average Bonchev–Trinajstić information content (AvgIpc) is 2.83. The highest BCUT2D eigenvalue weighted by Gasteiger charge is 2.06. The second-order valence-electron chi connectivity index (χ2n) is 4.23. The van der Waals surface area contributed by atoms with Gasteiger partial charge in [-0.05, 0) is 73.0 Å². The van der Waals surface area contributed by atoms with Gasteiger partial charge in [0, 0.05) is 18.0 Å². The SMILES string of the molecule is CCc1ccsc1CNCc1cc(Br)c(O)c(Br)c1. The van der Waals surface area contributed by atoms with Crippen LogP contribution in [0.4, 0.5) is 0 Å². The van der Waals surface area contributed by atoms with Crippen LogP contribution in [0.5, 0.6) is 5.75 Å². The van der Waals surface area contributed by atoms with Crippen molar-refractivity contribution in [3.63, 3.8) is 0 Å². The largest absolute Gasteiger partial charge is 0.506 e. The lowest BCUT2D eigenvalue weighted by Crippen LogP contribution is -2.12. The van der Waals surface area contributed by atoms with E-state index in [2.05, 4.69) is 55.5 Å². The summed E-state index contributed by atoms with van der Waals surface area (Å²) in [5, 5.41) is 15.2. The van der Waals surface area contributed by atoms with Crippen LogP contribution < -0.4 is 5.32 Å². The summed E-state index contributed by atoms with van der Waals surface area (Å²) < 4.78 is 1.42. The summed E-state index contributed by atoms with van der Waals surface area (Å²) in [7, 11) is 0. The normalized spacial score (nSPS) is 10.9. The smallest absolute Gasteiger partial charge is 0.143 e. The van der Waals surface area contributed by atoms with Crippen LogP contribution in [0.3, 0.4) is 0 Å². The Morgan fingerprint density at radius 3 is 2.53 bits per heavy atom. The van der Waals surface area contributed by atoms with Gasteiger partial charge >= 0.3 is 0 Å². The first-order valence-electron chi connectivity index (χ1n) is 6.04. The molecule has 0 saturated heterocycles. The minimum atomic E-state index is 0.246. The molecule has 0 atom stereocenters. The van der Waals surface area contributed by atoms with Crippen molar-refractivity contribution >= 4 is 43.2 Å². The van der Waals surface area contributed by atoms with Crippen molar-refractivity contribution in [1.82, 2.24) is 5.32 Å². The Morgan fingerprint density at radius 2 is 1.89 bits per heavy atom. The zero-order valence-corrected chi connectivity index (χ0v) is 14.5. The lowest BCUT2D eigenvalue weighted by Gasteiger charge is -2.08. The van der Waals surface area contributed by atoms with E-state index >= 15 is 0 Å². The van der Waals surface area contributed by atoms with Gasteiger partial charge in [-0.25, -0.2) is 0 Å². The Bertz CT molecular complexity index is 545. The summed E-state index contributed by atoms with van der Waals surface area (Å²) in [6, 6.07) is 6.06. The molecule has 0 radical (unpaired) electrons. The lowest BCUT2D eigenvalue weighted by molar-refractivity contribution is 0.468. The molecule has 5 heteroatoms. The van der Waals surface area contributed by atoms with Gasteiger partial charge in [0.1, 0.15) is 5.75 Å². The Kier molecular flexibility index (Phi) is 5.45. The van der Waals surface area contributed by atoms with E-state index in [0.717, 1.165) is 25.1 Å². The third kappa shape index (κ3) is 3.81. The fourth-order valence-corrected chi connectivity index (χ4v) is 4.10. The number of phenols is 1. The number of benzene rings is 1. The molecule has 1 aromatic heterocycles. The van der Waals surface area contributed by atoms with Crippen LogP contribution >= 0.6 is 43.2 Å². The van der Waals surface area contributed by atoms with Crippen LogP contribution in [0, 0.1) is 0 Å². The van der Waals surface area contributed by atoms with Gasteiger partial charge < -0.3 is 10.4 Å². The molecule has 0 saturated carbocycles. The van der Waals surface area contributed by atoms with Gasteiger partial charge in [-0.1, -0.05) is 6.92 Å². The van der Waals surface area contributed by atoms with E-state index in [4.69, 9.17) is 0 Å². The van der Waals surface area contributed by atoms with Gasteiger partial charge in [0.15, 0.2) is 0 Å². The van der Waals surface area contributed by atoms with E-state index in [9.17, 15) is 5.11 Å². The highest BCUT2D eigenvalue weighted by molar-refractivity contribution is 9.11. The summed E-state index contributed by atoms with van der Waals surface area (Å²) >= 11 is 8.49. The summed E-state index contributed by atoms with van der Waals surface area (Å²) in [6.45, 7) is 3.84. The van der Waals surface area contributed by atoms with Crippen molar-refractivity contribution < 1.29 is 5.11 Å². The summed E-state index contributed by atoms with van der Waals surface area (Å²) in [5.74, 6) is 0.246. The number of nitrogens with one attached hydrogen (secondary N) is 1. The molecule has 2 aromatic rings. The van der Waals surface area contributed by atoms with Crippen LogP contribution in [-0.2, 0) is 19.5 Å². The zero-order chi connectivity index (χ0) is 13.8. The second-order valence-corrected chi connectivity index (χ2v) is 6.94. The number of thiophene rings is 1. The van der Waals surface area contributed by atoms with Gasteiger partial charge in [0.25, 0.3) is 0 Å². The third-order valence-electron chi connectivity index (χ3n) is 2.91. The molecule has 1 aromatic carbocycles. The van der Waals surface area contributed by atoms with Gasteiger partial charge in [-0.15, -0.1) is 11.3 Å². The maximum absolute atomic E-state index is 9.66. The molecule has 2 rings (SSSR count). The number of rotatable bonds is 5. The molecule has 0 amide bonds. The molecule has 0 aliphatic carbocycles. The molecular formula is C14H15Br2NOS. The highest BCUT2D eigenvalue weighted by Crippen LogP contribution is 2.33. The first-order valence-corrected chi connectivity index (χ1v) is 8.51. The standard InChI is InChI=1S/C14H15Br2NOS/c1-2-10-3-4-19-13(10)8-17-7-9-5-11(15)14(18)12(16)6-9/h3-6,17-18H,2,7-8H2,1H3. The Hall–Kier alpha value is -0.360. The van der Waals surface area contributed by atoms with E-state index in [1.54, 1.807) is 11.3 Å². The lowest BCUT2D eigenvalue weighted by atomic mass is 10.2. The minimum Gasteiger partial charge on any atom is -0.506 e. The predicted octanol–water partition coefficient (Wildman–Crippen LogP) is 4.83. The predicted molar refractivity (Wildman–Crippen MR) is 87.7 cm³/mol. The van der Waals surface area contributed by atoms with Crippen LogP contribution in [0.2, 0.25) is 0 Å². The van der Waals surface area contributed by atoms with E-state index in [0.29, 0.717) is 8.95 Å². The Balaban J connectivity index is 1.96.